The van der Waals surface area contributed by atoms with E-state index in [2.05, 4.69) is 0 Å². The quantitative estimate of drug-likeness (QED) is 0.771. The summed E-state index contributed by atoms with van der Waals surface area (Å²) in [6, 6.07) is 6.11. The molecule has 0 N–H and O–H groups in total. The van der Waals surface area contributed by atoms with Crippen LogP contribution in [0.15, 0.2) is 24.3 Å². The molecule has 4 rings (SSSR count). The van der Waals surface area contributed by atoms with Crippen LogP contribution in [0.1, 0.15) is 61.8 Å². The van der Waals surface area contributed by atoms with Crippen LogP contribution in [0.5, 0.6) is 0 Å². The molecule has 1 aromatic heterocycles. The second kappa shape index (κ2) is 8.13. The van der Waals surface area contributed by atoms with Crippen molar-refractivity contribution in [2.45, 2.75) is 59.0 Å². The Morgan fingerprint density at radius 2 is 2.07 bits per heavy atom. The maximum atomic E-state index is 13.7. The van der Waals surface area contributed by atoms with Crippen molar-refractivity contribution in [1.29, 1.82) is 0 Å². The highest BCUT2D eigenvalue weighted by Crippen LogP contribution is 2.35. The van der Waals surface area contributed by atoms with E-state index in [4.69, 9.17) is 9.97 Å². The lowest BCUT2D eigenvalue weighted by Gasteiger charge is -2.31. The molecule has 6 nitrogen and oxygen atoms in total. The largest absolute Gasteiger partial charge is 0.332 e. The number of rotatable bonds is 4. The maximum Gasteiger partial charge on any atom is 0.228 e. The lowest BCUT2D eigenvalue weighted by molar-refractivity contribution is -0.135. The molecule has 30 heavy (non-hydrogen) atoms. The predicted molar refractivity (Wildman–Crippen MR) is 111 cm³/mol. The minimum absolute atomic E-state index is 0.0302. The van der Waals surface area contributed by atoms with Crippen LogP contribution < -0.4 is 4.90 Å². The number of likely N-dealkylation sites (tertiary alicyclic amines) is 1. The van der Waals surface area contributed by atoms with Crippen molar-refractivity contribution in [1.82, 2.24) is 14.9 Å². The molecular formula is C23H27FN4O2. The smallest absolute Gasteiger partial charge is 0.228 e. The highest BCUT2D eigenvalue weighted by atomic mass is 19.1. The normalized spacial score (nSPS) is 18.8. The average molecular weight is 410 g/mol. The fourth-order valence-corrected chi connectivity index (χ4v) is 4.36. The van der Waals surface area contributed by atoms with Crippen molar-refractivity contribution in [3.8, 4) is 0 Å². The molecule has 1 unspecified atom stereocenters. The first-order chi connectivity index (χ1) is 14.3. The second-order valence-corrected chi connectivity index (χ2v) is 8.42. The van der Waals surface area contributed by atoms with Crippen LogP contribution in [0.25, 0.3) is 0 Å². The highest BCUT2D eigenvalue weighted by molar-refractivity contribution is 5.95. The van der Waals surface area contributed by atoms with Gasteiger partial charge in [-0.15, -0.1) is 0 Å². The fraction of sp³-hybridized carbons (Fsp3) is 0.478. The molecular weight excluding hydrogens is 383 g/mol. The van der Waals surface area contributed by atoms with Crippen LogP contribution in [0, 0.1) is 18.7 Å². The molecule has 0 bridgehead atoms. The van der Waals surface area contributed by atoms with Gasteiger partial charge >= 0.3 is 0 Å². The van der Waals surface area contributed by atoms with Gasteiger partial charge in [0.15, 0.2) is 5.82 Å². The zero-order valence-electron chi connectivity index (χ0n) is 17.7. The number of hydrogen-bond acceptors (Lipinski definition) is 4. The summed E-state index contributed by atoms with van der Waals surface area (Å²) >= 11 is 0. The van der Waals surface area contributed by atoms with Gasteiger partial charge in [0.05, 0.1) is 12.6 Å². The van der Waals surface area contributed by atoms with Gasteiger partial charge < -0.3 is 4.90 Å². The number of hydrogen-bond donors (Lipinski definition) is 0. The number of fused-ring (bicyclic) bond motifs is 1. The Bertz CT molecular complexity index is 991. The van der Waals surface area contributed by atoms with Crippen LogP contribution in [0.4, 0.5) is 10.2 Å². The number of carbonyl (C=O) groups is 2. The Hall–Kier alpha value is -2.83. The Morgan fingerprint density at radius 3 is 2.80 bits per heavy atom. The van der Waals surface area contributed by atoms with Crippen molar-refractivity contribution in [3.05, 3.63) is 52.7 Å². The molecule has 1 atom stereocenters. The minimum atomic E-state index is -0.328. The number of benzene rings is 1. The topological polar surface area (TPSA) is 66.4 Å². The van der Waals surface area contributed by atoms with E-state index in [1.165, 1.54) is 12.1 Å². The SMILES string of the molecule is Cc1nc(C2CCCN2C(=O)C(C)C)nc2c1CCC(=O)N2Cc1cccc(F)c1. The molecule has 0 saturated carbocycles. The molecule has 1 saturated heterocycles. The second-order valence-electron chi connectivity index (χ2n) is 8.42. The molecule has 1 aromatic carbocycles. The van der Waals surface area contributed by atoms with E-state index in [0.29, 0.717) is 36.6 Å². The van der Waals surface area contributed by atoms with Gasteiger partial charge in [-0.3, -0.25) is 14.5 Å². The summed E-state index contributed by atoms with van der Waals surface area (Å²) in [5, 5.41) is 0. The third kappa shape index (κ3) is 3.80. The van der Waals surface area contributed by atoms with Gasteiger partial charge in [0, 0.05) is 30.1 Å². The van der Waals surface area contributed by atoms with Crippen LogP contribution in [-0.4, -0.2) is 33.2 Å². The highest BCUT2D eigenvalue weighted by Gasteiger charge is 2.35. The van der Waals surface area contributed by atoms with Gasteiger partial charge in [-0.05, 0) is 43.9 Å². The van der Waals surface area contributed by atoms with Gasteiger partial charge in [-0.1, -0.05) is 26.0 Å². The predicted octanol–water partition coefficient (Wildman–Crippen LogP) is 3.72. The minimum Gasteiger partial charge on any atom is -0.332 e. The maximum absolute atomic E-state index is 13.7. The van der Waals surface area contributed by atoms with E-state index in [1.807, 2.05) is 25.7 Å². The molecule has 2 amide bonds. The third-order valence-electron chi connectivity index (χ3n) is 5.91. The molecule has 2 aliphatic rings. The number of halogens is 1. The molecule has 158 valence electrons. The van der Waals surface area contributed by atoms with Crippen LogP contribution in [0.3, 0.4) is 0 Å². The summed E-state index contributed by atoms with van der Waals surface area (Å²) in [5.41, 5.74) is 2.51. The van der Waals surface area contributed by atoms with E-state index in [1.54, 1.807) is 17.0 Å². The number of carbonyl (C=O) groups excluding carboxylic acids is 2. The van der Waals surface area contributed by atoms with Crippen LogP contribution in [0.2, 0.25) is 0 Å². The van der Waals surface area contributed by atoms with Crippen molar-refractivity contribution < 1.29 is 14.0 Å². The third-order valence-corrected chi connectivity index (χ3v) is 5.91. The van der Waals surface area contributed by atoms with E-state index in [0.717, 1.165) is 24.1 Å². The Labute approximate surface area is 176 Å². The summed E-state index contributed by atoms with van der Waals surface area (Å²) in [4.78, 5) is 38.5. The molecule has 3 heterocycles. The van der Waals surface area contributed by atoms with Gasteiger partial charge in [-0.25, -0.2) is 14.4 Å². The number of amides is 2. The Morgan fingerprint density at radius 1 is 1.27 bits per heavy atom. The molecule has 1 fully saturated rings. The summed E-state index contributed by atoms with van der Waals surface area (Å²) in [7, 11) is 0. The zero-order valence-corrected chi connectivity index (χ0v) is 17.7. The average Bonchev–Trinajstić information content (AvgIpc) is 3.19. The van der Waals surface area contributed by atoms with Crippen molar-refractivity contribution in [3.63, 3.8) is 0 Å². The molecule has 2 aliphatic heterocycles. The molecule has 0 aliphatic carbocycles. The van der Waals surface area contributed by atoms with E-state index < -0.39 is 0 Å². The van der Waals surface area contributed by atoms with Crippen molar-refractivity contribution in [2.24, 2.45) is 5.92 Å². The molecule has 0 radical (unpaired) electrons. The number of aryl methyl sites for hydroxylation is 1. The zero-order chi connectivity index (χ0) is 21.4. The lowest BCUT2D eigenvalue weighted by atomic mass is 10.0. The summed E-state index contributed by atoms with van der Waals surface area (Å²) in [6.07, 6.45) is 2.70. The first kappa shape index (κ1) is 20.4. The van der Waals surface area contributed by atoms with Gasteiger partial charge in [-0.2, -0.15) is 0 Å². The van der Waals surface area contributed by atoms with Crippen LogP contribution in [-0.2, 0) is 22.6 Å². The van der Waals surface area contributed by atoms with Gasteiger partial charge in [0.2, 0.25) is 11.8 Å². The molecule has 7 heteroatoms. The van der Waals surface area contributed by atoms with Crippen molar-refractivity contribution >= 4 is 17.6 Å². The van der Waals surface area contributed by atoms with Gasteiger partial charge in [0.25, 0.3) is 0 Å². The Balaban J connectivity index is 1.71. The fourth-order valence-electron chi connectivity index (χ4n) is 4.36. The monoisotopic (exact) mass is 410 g/mol. The van der Waals surface area contributed by atoms with E-state index in [-0.39, 0.29) is 36.1 Å². The number of nitrogens with zero attached hydrogens (tertiary/aromatic N) is 4. The Kier molecular flexibility index (Phi) is 5.54. The standard InChI is InChI=1S/C23H27FN4O2/c1-14(2)23(30)27-11-5-8-19(27)21-25-15(3)18-9-10-20(29)28(22(18)26-21)13-16-6-4-7-17(24)12-16/h4,6-7,12,14,19H,5,8-11,13H2,1-3H3. The van der Waals surface area contributed by atoms with Crippen LogP contribution >= 0.6 is 0 Å². The van der Waals surface area contributed by atoms with Crippen molar-refractivity contribution in [2.75, 3.05) is 11.4 Å². The number of anilines is 1. The summed E-state index contributed by atoms with van der Waals surface area (Å²) in [6.45, 7) is 6.70. The molecule has 0 spiro atoms. The first-order valence-electron chi connectivity index (χ1n) is 10.6. The molecule has 2 aromatic rings. The van der Waals surface area contributed by atoms with E-state index in [9.17, 15) is 14.0 Å². The summed E-state index contributed by atoms with van der Waals surface area (Å²) < 4.78 is 13.7. The first-order valence-corrected chi connectivity index (χ1v) is 10.6. The number of aromatic nitrogens is 2. The lowest BCUT2D eigenvalue weighted by Crippen LogP contribution is -2.38. The van der Waals surface area contributed by atoms with E-state index >= 15 is 0 Å². The summed E-state index contributed by atoms with van der Waals surface area (Å²) in [5.74, 6) is 0.848. The van der Waals surface area contributed by atoms with Gasteiger partial charge in [0.1, 0.15) is 11.6 Å².